The van der Waals surface area contributed by atoms with Crippen LogP contribution >= 0.6 is 11.6 Å². The zero-order valence-electron chi connectivity index (χ0n) is 10.4. The van der Waals surface area contributed by atoms with Crippen LogP contribution in [0.4, 0.5) is 0 Å². The minimum absolute atomic E-state index is 0.120. The summed E-state index contributed by atoms with van der Waals surface area (Å²) in [5, 5.41) is 0.120. The molecule has 0 N–H and O–H groups in total. The zero-order chi connectivity index (χ0) is 13.8. The molecule has 0 aliphatic heterocycles. The van der Waals surface area contributed by atoms with Gasteiger partial charge in [-0.2, -0.15) is 0 Å². The SMILES string of the molecule is COc1ccc(-c2ncnc(Cl)c2C=O)cc1OC. The van der Waals surface area contributed by atoms with Gasteiger partial charge in [0.25, 0.3) is 0 Å². The average molecular weight is 279 g/mol. The molecule has 0 aliphatic carbocycles. The first-order chi connectivity index (χ1) is 9.21. The lowest BCUT2D eigenvalue weighted by molar-refractivity contribution is 0.112. The molecule has 2 rings (SSSR count). The number of aromatic nitrogens is 2. The summed E-state index contributed by atoms with van der Waals surface area (Å²) in [5.41, 5.74) is 1.40. The van der Waals surface area contributed by atoms with E-state index in [4.69, 9.17) is 21.1 Å². The lowest BCUT2D eigenvalue weighted by atomic mass is 10.1. The van der Waals surface area contributed by atoms with E-state index < -0.39 is 0 Å². The highest BCUT2D eigenvalue weighted by atomic mass is 35.5. The largest absolute Gasteiger partial charge is 0.493 e. The van der Waals surface area contributed by atoms with Gasteiger partial charge in [0.2, 0.25) is 0 Å². The van der Waals surface area contributed by atoms with E-state index in [-0.39, 0.29) is 10.7 Å². The Morgan fingerprint density at radius 3 is 2.53 bits per heavy atom. The minimum atomic E-state index is 0.120. The Hall–Kier alpha value is -2.14. The van der Waals surface area contributed by atoms with Crippen LogP contribution in [-0.2, 0) is 0 Å². The van der Waals surface area contributed by atoms with Crippen LogP contribution in [0.3, 0.4) is 0 Å². The molecule has 0 atom stereocenters. The highest BCUT2D eigenvalue weighted by molar-refractivity contribution is 6.32. The van der Waals surface area contributed by atoms with Gasteiger partial charge in [0, 0.05) is 5.56 Å². The average Bonchev–Trinajstić information content (AvgIpc) is 2.46. The third kappa shape index (κ3) is 2.51. The molecule has 0 amide bonds. The van der Waals surface area contributed by atoms with Crippen molar-refractivity contribution >= 4 is 17.9 Å². The van der Waals surface area contributed by atoms with Crippen LogP contribution in [-0.4, -0.2) is 30.5 Å². The Morgan fingerprint density at radius 1 is 1.16 bits per heavy atom. The van der Waals surface area contributed by atoms with E-state index in [1.807, 2.05) is 0 Å². The number of hydrogen-bond acceptors (Lipinski definition) is 5. The number of carbonyl (C=O) groups is 1. The number of hydrogen-bond donors (Lipinski definition) is 0. The van der Waals surface area contributed by atoms with Gasteiger partial charge in [-0.3, -0.25) is 4.79 Å². The molecule has 2 aromatic rings. The molecule has 1 aromatic heterocycles. The van der Waals surface area contributed by atoms with Crippen molar-refractivity contribution in [3.63, 3.8) is 0 Å². The van der Waals surface area contributed by atoms with E-state index >= 15 is 0 Å². The molecule has 0 radical (unpaired) electrons. The summed E-state index contributed by atoms with van der Waals surface area (Å²) in [6.45, 7) is 0. The number of halogens is 1. The second kappa shape index (κ2) is 5.67. The summed E-state index contributed by atoms with van der Waals surface area (Å²) < 4.78 is 10.4. The van der Waals surface area contributed by atoms with Crippen molar-refractivity contribution in [2.45, 2.75) is 0 Å². The lowest BCUT2D eigenvalue weighted by Crippen LogP contribution is -1.97. The summed E-state index contributed by atoms with van der Waals surface area (Å²) in [7, 11) is 3.09. The first-order valence-electron chi connectivity index (χ1n) is 5.39. The van der Waals surface area contributed by atoms with E-state index in [1.165, 1.54) is 13.4 Å². The van der Waals surface area contributed by atoms with Crippen molar-refractivity contribution in [1.82, 2.24) is 9.97 Å². The third-order valence-corrected chi connectivity index (χ3v) is 2.91. The van der Waals surface area contributed by atoms with Gasteiger partial charge in [-0.15, -0.1) is 0 Å². The second-order valence-corrected chi connectivity index (χ2v) is 3.97. The van der Waals surface area contributed by atoms with E-state index in [1.54, 1.807) is 25.3 Å². The van der Waals surface area contributed by atoms with Crippen molar-refractivity contribution in [3.8, 4) is 22.8 Å². The van der Waals surface area contributed by atoms with Gasteiger partial charge in [-0.05, 0) is 18.2 Å². The Labute approximate surface area is 115 Å². The maximum absolute atomic E-state index is 11.1. The molecular formula is C13H11ClN2O3. The normalized spacial score (nSPS) is 10.1. The number of benzene rings is 1. The molecule has 0 aliphatic rings. The Bertz CT molecular complexity index is 617. The highest BCUT2D eigenvalue weighted by Gasteiger charge is 2.13. The molecule has 1 heterocycles. The summed E-state index contributed by atoms with van der Waals surface area (Å²) in [5.74, 6) is 1.14. The molecule has 0 bridgehead atoms. The van der Waals surface area contributed by atoms with Crippen LogP contribution in [0.5, 0.6) is 11.5 Å². The van der Waals surface area contributed by atoms with Crippen LogP contribution < -0.4 is 9.47 Å². The molecule has 1 aromatic carbocycles. The van der Waals surface area contributed by atoms with E-state index in [9.17, 15) is 4.79 Å². The number of carbonyl (C=O) groups excluding carboxylic acids is 1. The minimum Gasteiger partial charge on any atom is -0.493 e. The van der Waals surface area contributed by atoms with Crippen molar-refractivity contribution in [2.24, 2.45) is 0 Å². The molecule has 0 saturated heterocycles. The molecule has 0 fully saturated rings. The number of methoxy groups -OCH3 is 2. The van der Waals surface area contributed by atoms with Crippen LogP contribution in [0.2, 0.25) is 5.15 Å². The van der Waals surface area contributed by atoms with E-state index in [2.05, 4.69) is 9.97 Å². The Kier molecular flexibility index (Phi) is 3.97. The molecule has 0 spiro atoms. The predicted molar refractivity (Wildman–Crippen MR) is 71.0 cm³/mol. The second-order valence-electron chi connectivity index (χ2n) is 3.61. The summed E-state index contributed by atoms with van der Waals surface area (Å²) in [6.07, 6.45) is 1.94. The highest BCUT2D eigenvalue weighted by Crippen LogP contribution is 2.33. The summed E-state index contributed by atoms with van der Waals surface area (Å²) in [4.78, 5) is 18.9. The molecule has 19 heavy (non-hydrogen) atoms. The first-order valence-corrected chi connectivity index (χ1v) is 5.77. The number of ether oxygens (including phenoxy) is 2. The fraction of sp³-hybridized carbons (Fsp3) is 0.154. The fourth-order valence-corrected chi connectivity index (χ4v) is 1.87. The van der Waals surface area contributed by atoms with Gasteiger partial charge >= 0.3 is 0 Å². The van der Waals surface area contributed by atoms with Gasteiger partial charge in [0.15, 0.2) is 17.8 Å². The van der Waals surface area contributed by atoms with Gasteiger partial charge in [0.05, 0.1) is 25.5 Å². The van der Waals surface area contributed by atoms with Gasteiger partial charge in [-0.25, -0.2) is 9.97 Å². The standard InChI is InChI=1S/C13H11ClN2O3/c1-18-10-4-3-8(5-11(10)19-2)12-9(6-17)13(14)16-7-15-12/h3-7H,1-2H3. The first kappa shape index (κ1) is 13.3. The topological polar surface area (TPSA) is 61.3 Å². The van der Waals surface area contributed by atoms with Crippen LogP contribution in [0, 0.1) is 0 Å². The quantitative estimate of drug-likeness (QED) is 0.635. The molecule has 98 valence electrons. The van der Waals surface area contributed by atoms with E-state index in [0.717, 1.165) is 0 Å². The van der Waals surface area contributed by atoms with Gasteiger partial charge in [-0.1, -0.05) is 11.6 Å². The number of rotatable bonds is 4. The molecule has 0 saturated carbocycles. The third-order valence-electron chi connectivity index (χ3n) is 2.61. The summed E-state index contributed by atoms with van der Waals surface area (Å²) in [6, 6.07) is 5.23. The van der Waals surface area contributed by atoms with Crippen molar-refractivity contribution < 1.29 is 14.3 Å². The maximum atomic E-state index is 11.1. The van der Waals surface area contributed by atoms with Crippen LogP contribution in [0.15, 0.2) is 24.5 Å². The number of nitrogens with zero attached hydrogens (tertiary/aromatic N) is 2. The molecule has 6 heteroatoms. The monoisotopic (exact) mass is 278 g/mol. The Morgan fingerprint density at radius 2 is 1.89 bits per heavy atom. The number of aldehydes is 1. The van der Waals surface area contributed by atoms with Crippen molar-refractivity contribution in [1.29, 1.82) is 0 Å². The van der Waals surface area contributed by atoms with Crippen molar-refractivity contribution in [2.75, 3.05) is 14.2 Å². The summed E-state index contributed by atoms with van der Waals surface area (Å²) >= 11 is 5.87. The van der Waals surface area contributed by atoms with Gasteiger partial charge in [0.1, 0.15) is 11.5 Å². The zero-order valence-corrected chi connectivity index (χ0v) is 11.1. The molecule has 0 unspecified atom stereocenters. The fourth-order valence-electron chi connectivity index (χ4n) is 1.69. The molecular weight excluding hydrogens is 268 g/mol. The smallest absolute Gasteiger partial charge is 0.161 e. The van der Waals surface area contributed by atoms with Gasteiger partial charge < -0.3 is 9.47 Å². The van der Waals surface area contributed by atoms with Crippen LogP contribution in [0.1, 0.15) is 10.4 Å². The Balaban J connectivity index is 2.59. The predicted octanol–water partition coefficient (Wildman–Crippen LogP) is 2.63. The van der Waals surface area contributed by atoms with E-state index in [0.29, 0.717) is 29.0 Å². The maximum Gasteiger partial charge on any atom is 0.161 e. The lowest BCUT2D eigenvalue weighted by Gasteiger charge is -2.10. The molecule has 5 nitrogen and oxygen atoms in total. The van der Waals surface area contributed by atoms with Crippen molar-refractivity contribution in [3.05, 3.63) is 35.2 Å². The van der Waals surface area contributed by atoms with Crippen LogP contribution in [0.25, 0.3) is 11.3 Å².